The number of nitro benzene ring substituents is 1. The molecule has 1 aliphatic heterocycles. The molecular weight excluding hydrogens is 342 g/mol. The highest BCUT2D eigenvalue weighted by Gasteiger charge is 2.28. The summed E-state index contributed by atoms with van der Waals surface area (Å²) in [5, 5.41) is 10.7. The lowest BCUT2D eigenvalue weighted by molar-refractivity contribution is -0.384. The molecule has 2 aromatic rings. The smallest absolute Gasteiger partial charge is 0.269 e. The molecule has 1 saturated heterocycles. The first-order chi connectivity index (χ1) is 12.0. The van der Waals surface area contributed by atoms with Gasteiger partial charge < -0.3 is 0 Å². The molecule has 0 atom stereocenters. The minimum atomic E-state index is -3.62. The minimum absolute atomic E-state index is 0.0922. The molecule has 0 unspecified atom stereocenters. The van der Waals surface area contributed by atoms with E-state index in [1.165, 1.54) is 34.1 Å². The molecule has 0 bridgehead atoms. The van der Waals surface area contributed by atoms with Crippen molar-refractivity contribution in [1.29, 1.82) is 0 Å². The first-order valence-corrected chi connectivity index (χ1v) is 9.42. The number of piperazine rings is 1. The van der Waals surface area contributed by atoms with Crippen LogP contribution in [0.25, 0.3) is 0 Å². The molecule has 1 aliphatic rings. The van der Waals surface area contributed by atoms with Crippen LogP contribution in [-0.2, 0) is 16.6 Å². The Balaban J connectivity index is 1.64. The highest BCUT2D eigenvalue weighted by atomic mass is 32.2. The van der Waals surface area contributed by atoms with Crippen LogP contribution in [0.4, 0.5) is 5.69 Å². The zero-order chi connectivity index (χ0) is 17.9. The van der Waals surface area contributed by atoms with Gasteiger partial charge in [0.15, 0.2) is 0 Å². The molecule has 0 aliphatic carbocycles. The normalized spacial score (nSPS) is 16.6. The van der Waals surface area contributed by atoms with Crippen LogP contribution in [0.2, 0.25) is 0 Å². The largest absolute Gasteiger partial charge is 0.296 e. The Morgan fingerprint density at radius 3 is 2.08 bits per heavy atom. The minimum Gasteiger partial charge on any atom is -0.296 e. The van der Waals surface area contributed by atoms with E-state index in [2.05, 4.69) is 17.0 Å². The summed E-state index contributed by atoms with van der Waals surface area (Å²) >= 11 is 0. The van der Waals surface area contributed by atoms with E-state index in [4.69, 9.17) is 0 Å². The SMILES string of the molecule is O=[N+]([O-])c1ccc(S(=O)(=O)N2CCN(Cc3ccccc3)CC2)cc1. The predicted molar refractivity (Wildman–Crippen MR) is 93.6 cm³/mol. The summed E-state index contributed by atoms with van der Waals surface area (Å²) in [6.45, 7) is 2.92. The van der Waals surface area contributed by atoms with Crippen molar-refractivity contribution in [2.24, 2.45) is 0 Å². The maximum absolute atomic E-state index is 12.7. The van der Waals surface area contributed by atoms with E-state index in [-0.39, 0.29) is 10.6 Å². The van der Waals surface area contributed by atoms with E-state index >= 15 is 0 Å². The molecule has 8 heteroatoms. The highest BCUT2D eigenvalue weighted by molar-refractivity contribution is 7.89. The summed E-state index contributed by atoms with van der Waals surface area (Å²) in [6.07, 6.45) is 0. The molecule has 7 nitrogen and oxygen atoms in total. The number of nitro groups is 1. The van der Waals surface area contributed by atoms with Crippen molar-refractivity contribution in [2.75, 3.05) is 26.2 Å². The zero-order valence-corrected chi connectivity index (χ0v) is 14.4. The molecular formula is C17H19N3O4S. The fourth-order valence-electron chi connectivity index (χ4n) is 2.86. The third kappa shape index (κ3) is 4.04. The average molecular weight is 361 g/mol. The summed E-state index contributed by atoms with van der Waals surface area (Å²) in [5.74, 6) is 0. The maximum Gasteiger partial charge on any atom is 0.269 e. The van der Waals surface area contributed by atoms with Gasteiger partial charge in [0.05, 0.1) is 9.82 Å². The number of rotatable bonds is 5. The van der Waals surface area contributed by atoms with E-state index in [0.29, 0.717) is 26.2 Å². The second-order valence-corrected chi connectivity index (χ2v) is 7.85. The molecule has 0 N–H and O–H groups in total. The van der Waals surface area contributed by atoms with Gasteiger partial charge in [0.25, 0.3) is 5.69 Å². The van der Waals surface area contributed by atoms with E-state index in [1.807, 2.05) is 18.2 Å². The Labute approximate surface area is 146 Å². The van der Waals surface area contributed by atoms with Gasteiger partial charge in [0.1, 0.15) is 0 Å². The lowest BCUT2D eigenvalue weighted by atomic mass is 10.2. The van der Waals surface area contributed by atoms with Gasteiger partial charge in [-0.05, 0) is 17.7 Å². The van der Waals surface area contributed by atoms with Gasteiger partial charge in [-0.2, -0.15) is 4.31 Å². The molecule has 0 spiro atoms. The molecule has 0 amide bonds. The van der Waals surface area contributed by atoms with Gasteiger partial charge in [-0.15, -0.1) is 0 Å². The van der Waals surface area contributed by atoms with Crippen LogP contribution < -0.4 is 0 Å². The van der Waals surface area contributed by atoms with Gasteiger partial charge in [0.2, 0.25) is 10.0 Å². The number of nitrogens with zero attached hydrogens (tertiary/aromatic N) is 3. The van der Waals surface area contributed by atoms with Gasteiger partial charge >= 0.3 is 0 Å². The zero-order valence-electron chi connectivity index (χ0n) is 13.6. The van der Waals surface area contributed by atoms with Crippen molar-refractivity contribution in [3.8, 4) is 0 Å². The van der Waals surface area contributed by atoms with Crippen LogP contribution in [0.3, 0.4) is 0 Å². The van der Waals surface area contributed by atoms with Crippen molar-refractivity contribution >= 4 is 15.7 Å². The summed E-state index contributed by atoms with van der Waals surface area (Å²) in [4.78, 5) is 12.5. The summed E-state index contributed by atoms with van der Waals surface area (Å²) in [7, 11) is -3.62. The van der Waals surface area contributed by atoms with Crippen LogP contribution in [0.5, 0.6) is 0 Å². The van der Waals surface area contributed by atoms with Crippen LogP contribution in [0.1, 0.15) is 5.56 Å². The van der Waals surface area contributed by atoms with Crippen molar-refractivity contribution in [1.82, 2.24) is 9.21 Å². The predicted octanol–water partition coefficient (Wildman–Crippen LogP) is 2.10. The van der Waals surface area contributed by atoms with Gasteiger partial charge in [-0.25, -0.2) is 8.42 Å². The lowest BCUT2D eigenvalue weighted by Crippen LogP contribution is -2.48. The Morgan fingerprint density at radius 1 is 0.920 bits per heavy atom. The van der Waals surface area contributed by atoms with Crippen molar-refractivity contribution in [3.05, 3.63) is 70.3 Å². The van der Waals surface area contributed by atoms with E-state index in [0.717, 1.165) is 6.54 Å². The van der Waals surface area contributed by atoms with Crippen LogP contribution in [-0.4, -0.2) is 48.7 Å². The second-order valence-electron chi connectivity index (χ2n) is 5.92. The Morgan fingerprint density at radius 2 is 1.52 bits per heavy atom. The standard InChI is InChI=1S/C17H19N3O4S/c21-20(22)16-6-8-17(9-7-16)25(23,24)19-12-10-18(11-13-19)14-15-4-2-1-3-5-15/h1-9H,10-14H2. The van der Waals surface area contributed by atoms with Crippen molar-refractivity contribution in [2.45, 2.75) is 11.4 Å². The molecule has 1 fully saturated rings. The van der Waals surface area contributed by atoms with Crippen LogP contribution in [0.15, 0.2) is 59.5 Å². The first kappa shape index (κ1) is 17.5. The number of hydrogen-bond acceptors (Lipinski definition) is 5. The van der Waals surface area contributed by atoms with E-state index < -0.39 is 14.9 Å². The Kier molecular flexibility index (Phi) is 5.12. The number of benzene rings is 2. The van der Waals surface area contributed by atoms with Crippen LogP contribution in [0, 0.1) is 10.1 Å². The fourth-order valence-corrected chi connectivity index (χ4v) is 4.28. The Hall–Kier alpha value is -2.29. The molecule has 25 heavy (non-hydrogen) atoms. The Bertz CT molecular complexity index is 830. The second kappa shape index (κ2) is 7.30. The van der Waals surface area contributed by atoms with Gasteiger partial charge in [0, 0.05) is 44.9 Å². The summed E-state index contributed by atoms with van der Waals surface area (Å²) in [5.41, 5.74) is 1.08. The van der Waals surface area contributed by atoms with Crippen molar-refractivity contribution in [3.63, 3.8) is 0 Å². The molecule has 1 heterocycles. The third-order valence-electron chi connectivity index (χ3n) is 4.27. The number of non-ortho nitro benzene ring substituents is 1. The summed E-state index contributed by atoms with van der Waals surface area (Å²) < 4.78 is 26.8. The van der Waals surface area contributed by atoms with Gasteiger partial charge in [-0.3, -0.25) is 15.0 Å². The third-order valence-corrected chi connectivity index (χ3v) is 6.18. The number of hydrogen-bond donors (Lipinski definition) is 0. The first-order valence-electron chi connectivity index (χ1n) is 7.98. The van der Waals surface area contributed by atoms with E-state index in [9.17, 15) is 18.5 Å². The van der Waals surface area contributed by atoms with E-state index in [1.54, 1.807) is 0 Å². The molecule has 0 saturated carbocycles. The van der Waals surface area contributed by atoms with Crippen molar-refractivity contribution < 1.29 is 13.3 Å². The molecule has 0 radical (unpaired) electrons. The molecule has 132 valence electrons. The van der Waals surface area contributed by atoms with Crippen LogP contribution >= 0.6 is 0 Å². The summed E-state index contributed by atoms with van der Waals surface area (Å²) in [6, 6.07) is 15.1. The lowest BCUT2D eigenvalue weighted by Gasteiger charge is -2.34. The molecule has 0 aromatic heterocycles. The topological polar surface area (TPSA) is 83.8 Å². The quantitative estimate of drug-likeness (QED) is 0.601. The molecule has 2 aromatic carbocycles. The fraction of sp³-hybridized carbons (Fsp3) is 0.294. The average Bonchev–Trinajstić information content (AvgIpc) is 2.63. The maximum atomic E-state index is 12.7. The highest BCUT2D eigenvalue weighted by Crippen LogP contribution is 2.21. The monoisotopic (exact) mass is 361 g/mol. The van der Waals surface area contributed by atoms with Gasteiger partial charge in [-0.1, -0.05) is 30.3 Å². The number of sulfonamides is 1. The molecule has 3 rings (SSSR count).